The highest BCUT2D eigenvalue weighted by Gasteiger charge is 2.42. The minimum atomic E-state index is -1.14. The van der Waals surface area contributed by atoms with E-state index in [2.05, 4.69) is 15.3 Å². The molecule has 2 aromatic rings. The number of aliphatic hydroxyl groups is 1. The zero-order chi connectivity index (χ0) is 16.6. The van der Waals surface area contributed by atoms with Gasteiger partial charge < -0.3 is 10.0 Å². The fourth-order valence-electron chi connectivity index (χ4n) is 2.77. The number of aromatic nitrogens is 4. The predicted molar refractivity (Wildman–Crippen MR) is 83.8 cm³/mol. The first-order chi connectivity index (χ1) is 10.9. The van der Waals surface area contributed by atoms with Gasteiger partial charge in [-0.15, -0.1) is 5.10 Å². The number of hydrogen-bond acceptors (Lipinski definition) is 5. The largest absolute Gasteiger partial charge is 0.381 e. The molecule has 122 valence electrons. The van der Waals surface area contributed by atoms with Gasteiger partial charge in [0, 0.05) is 31.4 Å². The maximum absolute atomic E-state index is 12.6. The van der Waals surface area contributed by atoms with Crippen molar-refractivity contribution in [2.75, 3.05) is 13.1 Å². The van der Waals surface area contributed by atoms with Gasteiger partial charge in [-0.2, -0.15) is 0 Å². The van der Waals surface area contributed by atoms with Crippen LogP contribution in [0.3, 0.4) is 0 Å². The monoisotopic (exact) mass is 315 g/mol. The Labute approximate surface area is 134 Å². The number of likely N-dealkylation sites (tertiary alicyclic amines) is 1. The summed E-state index contributed by atoms with van der Waals surface area (Å²) >= 11 is 0. The summed E-state index contributed by atoms with van der Waals surface area (Å²) in [7, 11) is 0. The maximum atomic E-state index is 12.6. The van der Waals surface area contributed by atoms with E-state index in [0.717, 1.165) is 5.56 Å². The second kappa shape index (κ2) is 5.73. The van der Waals surface area contributed by atoms with E-state index in [-0.39, 0.29) is 18.5 Å². The highest BCUT2D eigenvalue weighted by atomic mass is 16.3. The van der Waals surface area contributed by atoms with Crippen molar-refractivity contribution in [1.29, 1.82) is 0 Å². The molecule has 7 nitrogen and oxygen atoms in total. The fourth-order valence-corrected chi connectivity index (χ4v) is 2.77. The van der Waals surface area contributed by atoms with Gasteiger partial charge in [0.2, 0.25) is 0 Å². The molecule has 7 heteroatoms. The molecule has 2 aromatic heterocycles. The molecular weight excluding hydrogens is 294 g/mol. The Morgan fingerprint density at radius 2 is 2.17 bits per heavy atom. The molecule has 1 aliphatic rings. The lowest BCUT2D eigenvalue weighted by Gasteiger charge is -2.21. The topological polar surface area (TPSA) is 84.1 Å². The fraction of sp³-hybridized carbons (Fsp3) is 0.500. The van der Waals surface area contributed by atoms with Crippen LogP contribution in [0.1, 0.15) is 47.9 Å². The number of nitrogens with zero attached hydrogens (tertiary/aromatic N) is 5. The summed E-state index contributed by atoms with van der Waals surface area (Å²) in [4.78, 5) is 18.3. The van der Waals surface area contributed by atoms with Crippen LogP contribution in [-0.4, -0.2) is 49.0 Å². The number of rotatable bonds is 3. The SMILES string of the molecule is Cc1cncc(C(=O)N2CC[C@@](O)(c3cn(C(C)C)nn3)C2)c1. The first kappa shape index (κ1) is 15.6. The Morgan fingerprint density at radius 1 is 1.39 bits per heavy atom. The molecule has 0 bridgehead atoms. The minimum absolute atomic E-state index is 0.117. The van der Waals surface area contributed by atoms with Crippen LogP contribution in [0.5, 0.6) is 0 Å². The van der Waals surface area contributed by atoms with Crippen molar-refractivity contribution in [2.45, 2.75) is 38.8 Å². The number of amides is 1. The van der Waals surface area contributed by atoms with Crippen molar-refractivity contribution in [1.82, 2.24) is 24.9 Å². The molecule has 1 aliphatic heterocycles. The Bertz CT molecular complexity index is 727. The van der Waals surface area contributed by atoms with E-state index in [4.69, 9.17) is 0 Å². The van der Waals surface area contributed by atoms with Crippen molar-refractivity contribution >= 4 is 5.91 Å². The van der Waals surface area contributed by atoms with Crippen LogP contribution >= 0.6 is 0 Å². The second-order valence-corrected chi connectivity index (χ2v) is 6.44. The summed E-state index contributed by atoms with van der Waals surface area (Å²) in [6.07, 6.45) is 5.48. The van der Waals surface area contributed by atoms with Gasteiger partial charge in [0.15, 0.2) is 0 Å². The lowest BCUT2D eigenvalue weighted by Crippen LogP contribution is -2.34. The summed E-state index contributed by atoms with van der Waals surface area (Å²) in [6.45, 7) is 6.60. The average molecular weight is 315 g/mol. The van der Waals surface area contributed by atoms with Gasteiger partial charge >= 0.3 is 0 Å². The highest BCUT2D eigenvalue weighted by molar-refractivity contribution is 5.94. The third-order valence-corrected chi connectivity index (χ3v) is 4.17. The van der Waals surface area contributed by atoms with Crippen molar-refractivity contribution in [2.24, 2.45) is 0 Å². The van der Waals surface area contributed by atoms with Crippen LogP contribution in [0.2, 0.25) is 0 Å². The van der Waals surface area contributed by atoms with Gasteiger partial charge in [-0.25, -0.2) is 4.68 Å². The predicted octanol–water partition coefficient (Wildman–Crippen LogP) is 1.30. The lowest BCUT2D eigenvalue weighted by atomic mass is 10.00. The van der Waals surface area contributed by atoms with Crippen molar-refractivity contribution < 1.29 is 9.90 Å². The van der Waals surface area contributed by atoms with Gasteiger partial charge in [-0.05, 0) is 32.4 Å². The van der Waals surface area contributed by atoms with E-state index in [1.807, 2.05) is 26.8 Å². The van der Waals surface area contributed by atoms with Crippen LogP contribution < -0.4 is 0 Å². The molecule has 0 unspecified atom stereocenters. The molecule has 23 heavy (non-hydrogen) atoms. The second-order valence-electron chi connectivity index (χ2n) is 6.44. The molecule has 3 rings (SSSR count). The number of pyridine rings is 1. The lowest BCUT2D eigenvalue weighted by molar-refractivity contribution is 0.0381. The zero-order valence-corrected chi connectivity index (χ0v) is 13.6. The summed E-state index contributed by atoms with van der Waals surface area (Å²) in [5.41, 5.74) is 0.856. The normalized spacial score (nSPS) is 21.2. The molecule has 0 saturated carbocycles. The number of hydrogen-bond donors (Lipinski definition) is 1. The number of carbonyl (C=O) groups is 1. The Balaban J connectivity index is 1.77. The smallest absolute Gasteiger partial charge is 0.255 e. The van der Waals surface area contributed by atoms with E-state index < -0.39 is 5.60 Å². The standard InChI is InChI=1S/C16H21N5O2/c1-11(2)21-9-14(18-19-21)16(23)4-5-20(10-16)15(22)13-6-12(3)7-17-8-13/h6-9,11,23H,4-5,10H2,1-3H3/t16-/m0/s1. The first-order valence-electron chi connectivity index (χ1n) is 7.75. The summed E-state index contributed by atoms with van der Waals surface area (Å²) in [5, 5.41) is 19.0. The quantitative estimate of drug-likeness (QED) is 0.923. The van der Waals surface area contributed by atoms with Gasteiger partial charge in [-0.3, -0.25) is 9.78 Å². The average Bonchev–Trinajstić information content (AvgIpc) is 3.14. The third-order valence-electron chi connectivity index (χ3n) is 4.17. The van der Waals surface area contributed by atoms with E-state index >= 15 is 0 Å². The summed E-state index contributed by atoms with van der Waals surface area (Å²) < 4.78 is 1.71. The minimum Gasteiger partial charge on any atom is -0.381 e. The molecule has 0 spiro atoms. The summed E-state index contributed by atoms with van der Waals surface area (Å²) in [5.74, 6) is -0.117. The van der Waals surface area contributed by atoms with E-state index in [9.17, 15) is 9.90 Å². The molecule has 3 heterocycles. The molecule has 0 aromatic carbocycles. The van der Waals surface area contributed by atoms with E-state index in [1.54, 1.807) is 28.2 Å². The molecule has 1 fully saturated rings. The number of aryl methyl sites for hydroxylation is 1. The van der Waals surface area contributed by atoms with Crippen LogP contribution in [0.25, 0.3) is 0 Å². The molecule has 1 N–H and O–H groups in total. The van der Waals surface area contributed by atoms with Gasteiger partial charge in [0.05, 0.1) is 18.3 Å². The van der Waals surface area contributed by atoms with Crippen LogP contribution in [-0.2, 0) is 5.60 Å². The van der Waals surface area contributed by atoms with Gasteiger partial charge in [0.25, 0.3) is 5.91 Å². The highest BCUT2D eigenvalue weighted by Crippen LogP contribution is 2.31. The van der Waals surface area contributed by atoms with Crippen LogP contribution in [0.15, 0.2) is 24.7 Å². The maximum Gasteiger partial charge on any atom is 0.255 e. The summed E-state index contributed by atoms with van der Waals surface area (Å²) in [6, 6.07) is 1.99. The van der Waals surface area contributed by atoms with Crippen LogP contribution in [0, 0.1) is 6.92 Å². The van der Waals surface area contributed by atoms with Crippen LogP contribution in [0.4, 0.5) is 0 Å². The van der Waals surface area contributed by atoms with E-state index in [0.29, 0.717) is 24.2 Å². The third kappa shape index (κ3) is 2.96. The van der Waals surface area contributed by atoms with Gasteiger partial charge in [0.1, 0.15) is 11.3 Å². The first-order valence-corrected chi connectivity index (χ1v) is 7.75. The Hall–Kier alpha value is -2.28. The molecule has 1 saturated heterocycles. The molecular formula is C16H21N5O2. The zero-order valence-electron chi connectivity index (χ0n) is 13.6. The molecule has 1 amide bonds. The van der Waals surface area contributed by atoms with Crippen molar-refractivity contribution in [3.8, 4) is 0 Å². The Kier molecular flexibility index (Phi) is 3.89. The number of carbonyl (C=O) groups excluding carboxylic acids is 1. The van der Waals surface area contributed by atoms with E-state index in [1.165, 1.54) is 0 Å². The number of β-amino-alcohol motifs (C(OH)–C–C–N with tert-alkyl or cyclic N) is 1. The van der Waals surface area contributed by atoms with Crippen molar-refractivity contribution in [3.63, 3.8) is 0 Å². The molecule has 1 atom stereocenters. The van der Waals surface area contributed by atoms with Crippen molar-refractivity contribution in [3.05, 3.63) is 41.5 Å². The molecule has 0 radical (unpaired) electrons. The molecule has 0 aliphatic carbocycles. The Morgan fingerprint density at radius 3 is 2.83 bits per heavy atom. The van der Waals surface area contributed by atoms with Gasteiger partial charge in [-0.1, -0.05) is 5.21 Å².